The molecule has 178 valence electrons. The number of fused-ring (bicyclic) bond motifs is 3. The molecular formula is C29H27N7. The average Bonchev–Trinajstić information content (AvgIpc) is 3.52. The molecule has 7 heteroatoms. The van der Waals surface area contributed by atoms with Crippen LogP contribution in [0.25, 0.3) is 38.7 Å². The third-order valence-corrected chi connectivity index (χ3v) is 7.39. The second-order valence-corrected chi connectivity index (χ2v) is 9.67. The molecule has 7 nitrogen and oxygen atoms in total. The lowest BCUT2D eigenvalue weighted by Gasteiger charge is -2.31. The summed E-state index contributed by atoms with van der Waals surface area (Å²) < 4.78 is 2.15. The molecule has 3 N–H and O–H groups in total. The highest BCUT2D eigenvalue weighted by atomic mass is 15.1. The summed E-state index contributed by atoms with van der Waals surface area (Å²) in [6.07, 6.45) is 5.84. The molecule has 0 radical (unpaired) electrons. The summed E-state index contributed by atoms with van der Waals surface area (Å²) in [4.78, 5) is 20.4. The minimum Gasteiger partial charge on any atom is -0.382 e. The van der Waals surface area contributed by atoms with Crippen molar-refractivity contribution in [1.29, 1.82) is 0 Å². The fourth-order valence-corrected chi connectivity index (χ4v) is 5.54. The van der Waals surface area contributed by atoms with Crippen LogP contribution in [-0.4, -0.2) is 42.3 Å². The summed E-state index contributed by atoms with van der Waals surface area (Å²) in [5.74, 6) is 1.93. The summed E-state index contributed by atoms with van der Waals surface area (Å²) in [7, 11) is 0. The predicted octanol–water partition coefficient (Wildman–Crippen LogP) is 5.39. The van der Waals surface area contributed by atoms with Gasteiger partial charge in [0.1, 0.15) is 22.9 Å². The van der Waals surface area contributed by atoms with Gasteiger partial charge in [-0.25, -0.2) is 9.97 Å². The number of nitrogens with two attached hydrogens (primary N) is 1. The molecule has 2 aromatic carbocycles. The quantitative estimate of drug-likeness (QED) is 0.359. The van der Waals surface area contributed by atoms with Gasteiger partial charge in [-0.05, 0) is 50.2 Å². The minimum atomic E-state index is 0.359. The van der Waals surface area contributed by atoms with E-state index in [1.807, 2.05) is 24.4 Å². The van der Waals surface area contributed by atoms with Crippen molar-refractivity contribution in [3.05, 3.63) is 90.6 Å². The SMILES string of the molecule is Nc1nccn2c(C3CCN(Cc4ccc5ccccc5n4)CC3)nc(-c3cc4ccccc4[nH]3)c12. The van der Waals surface area contributed by atoms with Crippen LogP contribution in [0.2, 0.25) is 0 Å². The number of aromatic amines is 1. The van der Waals surface area contributed by atoms with Crippen LogP contribution in [0, 0.1) is 0 Å². The number of anilines is 1. The summed E-state index contributed by atoms with van der Waals surface area (Å²) in [5, 5.41) is 2.35. The van der Waals surface area contributed by atoms with Gasteiger partial charge in [0.05, 0.1) is 16.9 Å². The number of nitrogens with zero attached hydrogens (tertiary/aromatic N) is 5. The number of imidazole rings is 1. The zero-order chi connectivity index (χ0) is 24.1. The van der Waals surface area contributed by atoms with Crippen LogP contribution in [0.15, 0.2) is 79.1 Å². The number of likely N-dealkylation sites (tertiary alicyclic amines) is 1. The summed E-state index contributed by atoms with van der Waals surface area (Å²) in [6, 6.07) is 23.0. The smallest absolute Gasteiger partial charge is 0.150 e. The maximum atomic E-state index is 6.38. The number of rotatable bonds is 4. The van der Waals surface area contributed by atoms with Crippen molar-refractivity contribution in [2.75, 3.05) is 18.8 Å². The first kappa shape index (κ1) is 21.1. The van der Waals surface area contributed by atoms with Crippen LogP contribution in [-0.2, 0) is 6.54 Å². The second kappa shape index (κ2) is 8.46. The van der Waals surface area contributed by atoms with Crippen molar-refractivity contribution in [3.8, 4) is 11.4 Å². The molecule has 4 aromatic heterocycles. The third-order valence-electron chi connectivity index (χ3n) is 7.39. The molecule has 0 aliphatic carbocycles. The number of aromatic nitrogens is 5. The van der Waals surface area contributed by atoms with Gasteiger partial charge >= 0.3 is 0 Å². The molecule has 6 aromatic rings. The Labute approximate surface area is 208 Å². The van der Waals surface area contributed by atoms with E-state index in [0.29, 0.717) is 11.7 Å². The first-order valence-electron chi connectivity index (χ1n) is 12.5. The second-order valence-electron chi connectivity index (χ2n) is 9.67. The van der Waals surface area contributed by atoms with Crippen LogP contribution in [0.1, 0.15) is 30.3 Å². The van der Waals surface area contributed by atoms with Gasteiger partial charge in [0.15, 0.2) is 0 Å². The number of pyridine rings is 1. The predicted molar refractivity (Wildman–Crippen MR) is 144 cm³/mol. The Morgan fingerprint density at radius 1 is 0.917 bits per heavy atom. The lowest BCUT2D eigenvalue weighted by molar-refractivity contribution is 0.199. The first-order chi connectivity index (χ1) is 17.7. The van der Waals surface area contributed by atoms with Gasteiger partial charge in [-0.1, -0.05) is 42.5 Å². The molecule has 7 rings (SSSR count). The number of nitrogen functional groups attached to an aromatic ring is 1. The number of hydrogen-bond donors (Lipinski definition) is 2. The van der Waals surface area contributed by atoms with Gasteiger partial charge in [-0.15, -0.1) is 0 Å². The van der Waals surface area contributed by atoms with E-state index in [1.54, 1.807) is 6.20 Å². The highest BCUT2D eigenvalue weighted by Crippen LogP contribution is 2.35. The van der Waals surface area contributed by atoms with Crippen molar-refractivity contribution in [2.45, 2.75) is 25.3 Å². The van der Waals surface area contributed by atoms with Gasteiger partial charge in [-0.2, -0.15) is 0 Å². The molecule has 1 aliphatic heterocycles. The lowest BCUT2D eigenvalue weighted by atomic mass is 9.96. The Balaban J connectivity index is 1.16. The van der Waals surface area contributed by atoms with Crippen LogP contribution in [0.3, 0.4) is 0 Å². The van der Waals surface area contributed by atoms with Gasteiger partial charge in [0.2, 0.25) is 0 Å². The first-order valence-corrected chi connectivity index (χ1v) is 12.5. The summed E-state index contributed by atoms with van der Waals surface area (Å²) in [5.41, 5.74) is 12.4. The third kappa shape index (κ3) is 3.60. The Morgan fingerprint density at radius 2 is 1.72 bits per heavy atom. The molecule has 0 bridgehead atoms. The van der Waals surface area contributed by atoms with Crippen LogP contribution < -0.4 is 5.73 Å². The number of benzene rings is 2. The van der Waals surface area contributed by atoms with Crippen LogP contribution >= 0.6 is 0 Å². The standard InChI is InChI=1S/C29H27N7/c30-28-27-26(25-17-21-6-2-4-8-24(21)33-25)34-29(36(27)16-13-31-28)20-11-14-35(15-12-20)18-22-10-9-19-5-1-3-7-23(19)32-22/h1-10,13,16-17,20,33H,11-12,14-15,18H2,(H2,30,31). The Morgan fingerprint density at radius 3 is 2.58 bits per heavy atom. The zero-order valence-electron chi connectivity index (χ0n) is 19.9. The molecule has 1 aliphatic rings. The highest BCUT2D eigenvalue weighted by molar-refractivity contribution is 5.91. The number of hydrogen-bond acceptors (Lipinski definition) is 5. The topological polar surface area (TPSA) is 88.1 Å². The highest BCUT2D eigenvalue weighted by Gasteiger charge is 2.27. The van der Waals surface area contributed by atoms with Gasteiger partial charge < -0.3 is 10.7 Å². The van der Waals surface area contributed by atoms with Gasteiger partial charge in [0.25, 0.3) is 0 Å². The van der Waals surface area contributed by atoms with Crippen molar-refractivity contribution < 1.29 is 0 Å². The molecule has 1 fully saturated rings. The Kier molecular flexibility index (Phi) is 4.96. The Hall–Kier alpha value is -4.23. The van der Waals surface area contributed by atoms with E-state index in [-0.39, 0.29) is 0 Å². The van der Waals surface area contributed by atoms with Crippen LogP contribution in [0.5, 0.6) is 0 Å². The summed E-state index contributed by atoms with van der Waals surface area (Å²) in [6.45, 7) is 2.89. The molecule has 0 atom stereocenters. The maximum absolute atomic E-state index is 6.38. The maximum Gasteiger partial charge on any atom is 0.150 e. The molecule has 0 saturated carbocycles. The van der Waals surface area contributed by atoms with E-state index in [2.05, 4.69) is 67.8 Å². The number of para-hydroxylation sites is 2. The Bertz CT molecular complexity index is 1670. The fourth-order valence-electron chi connectivity index (χ4n) is 5.54. The molecular weight excluding hydrogens is 446 g/mol. The largest absolute Gasteiger partial charge is 0.382 e. The fraction of sp³-hybridized carbons (Fsp3) is 0.207. The average molecular weight is 474 g/mol. The molecule has 0 unspecified atom stereocenters. The van der Waals surface area contributed by atoms with Gasteiger partial charge in [0, 0.05) is 41.1 Å². The number of piperidine rings is 1. The van der Waals surface area contributed by atoms with Gasteiger partial charge in [-0.3, -0.25) is 14.3 Å². The number of H-pyrrole nitrogens is 1. The normalized spacial score (nSPS) is 15.3. The van der Waals surface area contributed by atoms with E-state index >= 15 is 0 Å². The number of nitrogens with one attached hydrogen (secondary N) is 1. The molecule has 0 spiro atoms. The van der Waals surface area contributed by atoms with E-state index in [4.69, 9.17) is 15.7 Å². The van der Waals surface area contributed by atoms with Crippen molar-refractivity contribution in [2.24, 2.45) is 0 Å². The van der Waals surface area contributed by atoms with E-state index in [9.17, 15) is 0 Å². The molecule has 0 amide bonds. The minimum absolute atomic E-state index is 0.359. The van der Waals surface area contributed by atoms with Crippen molar-refractivity contribution in [3.63, 3.8) is 0 Å². The van der Waals surface area contributed by atoms with Crippen molar-refractivity contribution >= 4 is 33.1 Å². The van der Waals surface area contributed by atoms with E-state index < -0.39 is 0 Å². The molecule has 5 heterocycles. The summed E-state index contributed by atoms with van der Waals surface area (Å²) >= 11 is 0. The van der Waals surface area contributed by atoms with Crippen molar-refractivity contribution in [1.82, 2.24) is 29.2 Å². The lowest BCUT2D eigenvalue weighted by Crippen LogP contribution is -2.33. The monoisotopic (exact) mass is 473 g/mol. The molecule has 1 saturated heterocycles. The van der Waals surface area contributed by atoms with E-state index in [0.717, 1.165) is 77.3 Å². The molecule has 36 heavy (non-hydrogen) atoms. The zero-order valence-corrected chi connectivity index (χ0v) is 19.9. The van der Waals surface area contributed by atoms with Crippen LogP contribution in [0.4, 0.5) is 5.82 Å². The van der Waals surface area contributed by atoms with E-state index in [1.165, 1.54) is 5.39 Å².